The van der Waals surface area contributed by atoms with Gasteiger partial charge in [0.1, 0.15) is 5.75 Å². The van der Waals surface area contributed by atoms with E-state index in [0.29, 0.717) is 0 Å². The molecule has 2 rings (SSSR count). The highest BCUT2D eigenvalue weighted by Gasteiger charge is 2.25. The van der Waals surface area contributed by atoms with Crippen molar-refractivity contribution in [3.05, 3.63) is 65.7 Å². The van der Waals surface area contributed by atoms with Crippen molar-refractivity contribution in [2.24, 2.45) is 5.92 Å². The van der Waals surface area contributed by atoms with Gasteiger partial charge < -0.3 is 4.74 Å². The summed E-state index contributed by atoms with van der Waals surface area (Å²) in [5.41, 5.74) is 1.97. The predicted octanol–water partition coefficient (Wildman–Crippen LogP) is 4.71. The molecule has 0 saturated heterocycles. The van der Waals surface area contributed by atoms with Gasteiger partial charge in [0.25, 0.3) is 0 Å². The average Bonchev–Trinajstić information content (AvgIpc) is 2.56. The Morgan fingerprint density at radius 3 is 2.19 bits per heavy atom. The molecular weight excluding hydrogens is 260 g/mol. The molecule has 0 bridgehead atoms. The monoisotopic (exact) mass is 282 g/mol. The molecule has 0 aliphatic carbocycles. The first-order chi connectivity index (χ1) is 10.2. The van der Waals surface area contributed by atoms with Crippen LogP contribution in [0, 0.1) is 5.92 Å². The molecule has 2 aromatic carbocycles. The zero-order chi connectivity index (χ0) is 15.2. The van der Waals surface area contributed by atoms with Crippen molar-refractivity contribution in [1.82, 2.24) is 0 Å². The molecule has 2 atom stereocenters. The van der Waals surface area contributed by atoms with Crippen LogP contribution in [0.4, 0.5) is 0 Å². The smallest absolute Gasteiger partial charge is 0.166 e. The van der Waals surface area contributed by atoms with Crippen molar-refractivity contribution in [2.45, 2.75) is 26.2 Å². The van der Waals surface area contributed by atoms with Crippen molar-refractivity contribution in [3.63, 3.8) is 0 Å². The number of hydrogen-bond donors (Lipinski definition) is 0. The fraction of sp³-hybridized carbons (Fsp3) is 0.316. The Balaban J connectivity index is 2.21. The van der Waals surface area contributed by atoms with Crippen molar-refractivity contribution in [2.75, 3.05) is 7.11 Å². The van der Waals surface area contributed by atoms with Crippen molar-refractivity contribution in [1.29, 1.82) is 0 Å². The highest BCUT2D eigenvalue weighted by Crippen LogP contribution is 2.30. The highest BCUT2D eigenvalue weighted by atomic mass is 16.5. The normalized spacial score (nSPS) is 13.5. The summed E-state index contributed by atoms with van der Waals surface area (Å²) in [4.78, 5) is 12.7. The second-order valence-electron chi connectivity index (χ2n) is 5.31. The minimum atomic E-state index is 0.000736. The zero-order valence-electron chi connectivity index (χ0n) is 12.9. The first-order valence-electron chi connectivity index (χ1n) is 7.40. The summed E-state index contributed by atoms with van der Waals surface area (Å²) in [6.45, 7) is 4.20. The molecule has 0 saturated carbocycles. The molecule has 0 heterocycles. The molecule has 0 unspecified atom stereocenters. The number of Topliss-reactive ketones (excluding diaryl/α,β-unsaturated/α-hetero) is 1. The zero-order valence-corrected chi connectivity index (χ0v) is 12.9. The summed E-state index contributed by atoms with van der Waals surface area (Å²) in [6.07, 6.45) is 0.834. The van der Waals surface area contributed by atoms with Crippen LogP contribution in [0.2, 0.25) is 0 Å². The molecule has 0 aliphatic heterocycles. The SMILES string of the molecule is CC[C@H](C(=O)c1ccccc1)[C@@H](C)c1ccc(OC)cc1. The standard InChI is InChI=1S/C19H22O2/c1-4-18(19(20)16-8-6-5-7-9-16)14(2)15-10-12-17(21-3)13-11-15/h5-14,18H,4H2,1-3H3/t14-,18-/m0/s1. The van der Waals surface area contributed by atoms with Gasteiger partial charge in [0.2, 0.25) is 0 Å². The van der Waals surface area contributed by atoms with E-state index in [1.807, 2.05) is 54.6 Å². The molecule has 0 aliphatic rings. The largest absolute Gasteiger partial charge is 0.497 e. The van der Waals surface area contributed by atoms with Gasteiger partial charge in [-0.25, -0.2) is 0 Å². The average molecular weight is 282 g/mol. The number of ether oxygens (including phenoxy) is 1. The van der Waals surface area contributed by atoms with E-state index in [4.69, 9.17) is 4.74 Å². The Morgan fingerprint density at radius 1 is 1.05 bits per heavy atom. The van der Waals surface area contributed by atoms with Crippen LogP contribution in [0.1, 0.15) is 42.1 Å². The number of ketones is 1. The highest BCUT2D eigenvalue weighted by molar-refractivity contribution is 5.98. The lowest BCUT2D eigenvalue weighted by Gasteiger charge is -2.22. The third kappa shape index (κ3) is 3.52. The molecule has 110 valence electrons. The number of carbonyl (C=O) groups is 1. The molecule has 0 fully saturated rings. The maximum Gasteiger partial charge on any atom is 0.166 e. The summed E-state index contributed by atoms with van der Waals surface area (Å²) < 4.78 is 5.19. The summed E-state index contributed by atoms with van der Waals surface area (Å²) >= 11 is 0. The number of benzene rings is 2. The van der Waals surface area contributed by atoms with Gasteiger partial charge in [-0.2, -0.15) is 0 Å². The van der Waals surface area contributed by atoms with Crippen LogP contribution >= 0.6 is 0 Å². The molecule has 2 aromatic rings. The van der Waals surface area contributed by atoms with E-state index in [1.54, 1.807) is 7.11 Å². The molecule has 0 amide bonds. The second kappa shape index (κ2) is 7.07. The summed E-state index contributed by atoms with van der Waals surface area (Å²) in [7, 11) is 1.66. The fourth-order valence-electron chi connectivity index (χ4n) is 2.72. The van der Waals surface area contributed by atoms with Crippen molar-refractivity contribution in [3.8, 4) is 5.75 Å². The number of methoxy groups -OCH3 is 1. The first-order valence-corrected chi connectivity index (χ1v) is 7.40. The van der Waals surface area contributed by atoms with Crippen LogP contribution in [0.3, 0.4) is 0 Å². The minimum Gasteiger partial charge on any atom is -0.497 e. The molecule has 2 heteroatoms. The van der Waals surface area contributed by atoms with Crippen LogP contribution in [0.25, 0.3) is 0 Å². The first kappa shape index (κ1) is 15.3. The lowest BCUT2D eigenvalue weighted by molar-refractivity contribution is 0.0900. The number of rotatable bonds is 6. The maximum atomic E-state index is 12.7. The van der Waals surface area contributed by atoms with E-state index in [1.165, 1.54) is 5.56 Å². The topological polar surface area (TPSA) is 26.3 Å². The molecule has 21 heavy (non-hydrogen) atoms. The van der Waals surface area contributed by atoms with Gasteiger partial charge in [-0.15, -0.1) is 0 Å². The van der Waals surface area contributed by atoms with E-state index < -0.39 is 0 Å². The maximum absolute atomic E-state index is 12.7. The number of hydrogen-bond acceptors (Lipinski definition) is 2. The Hall–Kier alpha value is -2.09. The van der Waals surface area contributed by atoms with Gasteiger partial charge in [-0.3, -0.25) is 4.79 Å². The van der Waals surface area contributed by atoms with Crippen LogP contribution in [0.5, 0.6) is 5.75 Å². The lowest BCUT2D eigenvalue weighted by Crippen LogP contribution is -2.20. The van der Waals surface area contributed by atoms with Crippen LogP contribution in [0.15, 0.2) is 54.6 Å². The van der Waals surface area contributed by atoms with E-state index in [0.717, 1.165) is 17.7 Å². The van der Waals surface area contributed by atoms with Crippen molar-refractivity contribution < 1.29 is 9.53 Å². The lowest BCUT2D eigenvalue weighted by atomic mass is 9.81. The van der Waals surface area contributed by atoms with Gasteiger partial charge in [0, 0.05) is 11.5 Å². The molecular formula is C19H22O2. The van der Waals surface area contributed by atoms with Crippen molar-refractivity contribution >= 4 is 5.78 Å². The summed E-state index contributed by atoms with van der Waals surface area (Å²) in [5, 5.41) is 0. The Bertz CT molecular complexity index is 572. The second-order valence-corrected chi connectivity index (χ2v) is 5.31. The third-order valence-electron chi connectivity index (χ3n) is 4.08. The summed E-state index contributed by atoms with van der Waals surface area (Å²) in [5.74, 6) is 1.25. The number of carbonyl (C=O) groups excluding carboxylic acids is 1. The van der Waals surface area contributed by atoms with Gasteiger partial charge in [-0.1, -0.05) is 56.3 Å². The van der Waals surface area contributed by atoms with E-state index in [9.17, 15) is 4.79 Å². The quantitative estimate of drug-likeness (QED) is 0.717. The minimum absolute atomic E-state index is 0.000736. The third-order valence-corrected chi connectivity index (χ3v) is 4.08. The molecule has 0 spiro atoms. The van der Waals surface area contributed by atoms with Gasteiger partial charge in [-0.05, 0) is 30.0 Å². The fourth-order valence-corrected chi connectivity index (χ4v) is 2.72. The van der Waals surface area contributed by atoms with Crippen LogP contribution < -0.4 is 4.74 Å². The van der Waals surface area contributed by atoms with Gasteiger partial charge >= 0.3 is 0 Å². The van der Waals surface area contributed by atoms with E-state index in [2.05, 4.69) is 13.8 Å². The molecule has 0 aromatic heterocycles. The van der Waals surface area contributed by atoms with Crippen LogP contribution in [-0.2, 0) is 0 Å². The summed E-state index contributed by atoms with van der Waals surface area (Å²) in [6, 6.07) is 17.5. The van der Waals surface area contributed by atoms with Gasteiger partial charge in [0.05, 0.1) is 7.11 Å². The molecule has 2 nitrogen and oxygen atoms in total. The van der Waals surface area contributed by atoms with Crippen LogP contribution in [-0.4, -0.2) is 12.9 Å². The predicted molar refractivity (Wildman–Crippen MR) is 86.0 cm³/mol. The molecule has 0 N–H and O–H groups in total. The Morgan fingerprint density at radius 2 is 1.67 bits per heavy atom. The van der Waals surface area contributed by atoms with Gasteiger partial charge in [0.15, 0.2) is 5.78 Å². The van der Waals surface area contributed by atoms with E-state index >= 15 is 0 Å². The molecule has 0 radical (unpaired) electrons. The Kier molecular flexibility index (Phi) is 5.15. The Labute approximate surface area is 126 Å². The van der Waals surface area contributed by atoms with E-state index in [-0.39, 0.29) is 17.6 Å².